The summed E-state index contributed by atoms with van der Waals surface area (Å²) in [6, 6.07) is 10.7. The lowest BCUT2D eigenvalue weighted by Gasteiger charge is -2.26. The quantitative estimate of drug-likeness (QED) is 0.354. The van der Waals surface area contributed by atoms with Gasteiger partial charge < -0.3 is 5.11 Å². The minimum absolute atomic E-state index is 0.0610. The summed E-state index contributed by atoms with van der Waals surface area (Å²) >= 11 is 6.98. The lowest BCUT2D eigenvalue weighted by molar-refractivity contribution is -0.385. The number of benzene rings is 2. The minimum atomic E-state index is -1.21. The van der Waals surface area contributed by atoms with Crippen LogP contribution in [-0.4, -0.2) is 26.7 Å². The molecule has 8 nitrogen and oxygen atoms in total. The molecule has 30 heavy (non-hydrogen) atoms. The molecule has 1 atom stereocenters. The van der Waals surface area contributed by atoms with Gasteiger partial charge in [0.15, 0.2) is 10.8 Å². The van der Waals surface area contributed by atoms with Crippen LogP contribution in [0.15, 0.2) is 71.4 Å². The number of aromatic nitrogens is 1. The van der Waals surface area contributed by atoms with Gasteiger partial charge in [-0.15, -0.1) is 11.3 Å². The molecule has 1 aliphatic rings. The summed E-state index contributed by atoms with van der Waals surface area (Å²) in [5.41, 5.74) is -0.136. The van der Waals surface area contributed by atoms with Crippen LogP contribution in [0.3, 0.4) is 0 Å². The summed E-state index contributed by atoms with van der Waals surface area (Å²) in [5, 5.41) is 24.3. The predicted octanol–water partition coefficient (Wildman–Crippen LogP) is 4.49. The average Bonchev–Trinajstić information content (AvgIpc) is 3.36. The van der Waals surface area contributed by atoms with E-state index in [1.807, 2.05) is 0 Å². The number of aliphatic hydroxyl groups is 1. The van der Waals surface area contributed by atoms with Gasteiger partial charge in [-0.05, 0) is 30.3 Å². The highest BCUT2D eigenvalue weighted by atomic mass is 35.5. The first-order valence-electron chi connectivity index (χ1n) is 8.60. The van der Waals surface area contributed by atoms with Crippen LogP contribution in [-0.2, 0) is 4.79 Å². The van der Waals surface area contributed by atoms with E-state index in [1.165, 1.54) is 36.5 Å². The van der Waals surface area contributed by atoms with Crippen LogP contribution in [0.25, 0.3) is 0 Å². The maximum Gasteiger partial charge on any atom is 0.294 e. The Hall–Kier alpha value is -3.56. The van der Waals surface area contributed by atoms with Crippen molar-refractivity contribution < 1.29 is 19.6 Å². The third-order valence-electron chi connectivity index (χ3n) is 4.61. The Balaban J connectivity index is 1.95. The number of halogens is 1. The zero-order valence-corrected chi connectivity index (χ0v) is 16.6. The Morgan fingerprint density at radius 1 is 1.20 bits per heavy atom. The van der Waals surface area contributed by atoms with Crippen LogP contribution in [0.2, 0.25) is 5.02 Å². The number of nitro groups is 1. The van der Waals surface area contributed by atoms with Gasteiger partial charge in [0.2, 0.25) is 5.78 Å². The van der Waals surface area contributed by atoms with Gasteiger partial charge in [-0.3, -0.25) is 24.6 Å². The van der Waals surface area contributed by atoms with Crippen LogP contribution < -0.4 is 4.90 Å². The summed E-state index contributed by atoms with van der Waals surface area (Å²) in [6.45, 7) is 0. The number of hydrogen-bond acceptors (Lipinski definition) is 7. The van der Waals surface area contributed by atoms with Crippen molar-refractivity contribution in [3.8, 4) is 0 Å². The topological polar surface area (TPSA) is 114 Å². The van der Waals surface area contributed by atoms with Crippen molar-refractivity contribution in [3.63, 3.8) is 0 Å². The second-order valence-electron chi connectivity index (χ2n) is 6.30. The fraction of sp³-hybridized carbons (Fsp3) is 0.0500. The van der Waals surface area contributed by atoms with Gasteiger partial charge in [0.1, 0.15) is 6.04 Å². The fourth-order valence-corrected chi connectivity index (χ4v) is 4.05. The molecule has 0 saturated heterocycles. The Morgan fingerprint density at radius 3 is 2.53 bits per heavy atom. The Labute approximate surface area is 178 Å². The first-order valence-corrected chi connectivity index (χ1v) is 9.85. The lowest BCUT2D eigenvalue weighted by atomic mass is 9.94. The number of ketones is 1. The van der Waals surface area contributed by atoms with Crippen molar-refractivity contribution in [1.29, 1.82) is 0 Å². The van der Waals surface area contributed by atoms with Crippen molar-refractivity contribution in [1.82, 2.24) is 4.98 Å². The van der Waals surface area contributed by atoms with Gasteiger partial charge in [-0.25, -0.2) is 4.98 Å². The third kappa shape index (κ3) is 3.23. The van der Waals surface area contributed by atoms with E-state index in [2.05, 4.69) is 4.98 Å². The molecule has 2 heterocycles. The van der Waals surface area contributed by atoms with Gasteiger partial charge in [-0.2, -0.15) is 0 Å². The van der Waals surface area contributed by atoms with Crippen LogP contribution in [0, 0.1) is 10.1 Å². The van der Waals surface area contributed by atoms with Gasteiger partial charge >= 0.3 is 0 Å². The Kier molecular flexibility index (Phi) is 5.06. The molecular formula is C20H12ClN3O5S. The van der Waals surface area contributed by atoms with Crippen molar-refractivity contribution >= 4 is 46.0 Å². The number of nitrogens with zero attached hydrogens (tertiary/aromatic N) is 3. The highest BCUT2D eigenvalue weighted by Crippen LogP contribution is 2.44. The second-order valence-corrected chi connectivity index (χ2v) is 7.63. The molecule has 150 valence electrons. The number of anilines is 1. The van der Waals surface area contributed by atoms with E-state index in [4.69, 9.17) is 11.6 Å². The van der Waals surface area contributed by atoms with E-state index in [1.54, 1.807) is 23.6 Å². The van der Waals surface area contributed by atoms with Gasteiger partial charge in [0.25, 0.3) is 11.6 Å². The molecule has 0 radical (unpaired) electrons. The van der Waals surface area contributed by atoms with Gasteiger partial charge in [-0.1, -0.05) is 23.7 Å². The van der Waals surface area contributed by atoms with Crippen molar-refractivity contribution in [2.24, 2.45) is 0 Å². The largest absolute Gasteiger partial charge is 0.503 e. The van der Waals surface area contributed by atoms with E-state index in [9.17, 15) is 24.8 Å². The van der Waals surface area contributed by atoms with Gasteiger partial charge in [0.05, 0.1) is 16.1 Å². The van der Waals surface area contributed by atoms with E-state index in [-0.39, 0.29) is 21.8 Å². The first kappa shape index (κ1) is 19.7. The lowest BCUT2D eigenvalue weighted by Crippen LogP contribution is -2.31. The number of rotatable bonds is 5. The highest BCUT2D eigenvalue weighted by Gasteiger charge is 2.47. The molecule has 1 N–H and O–H groups in total. The molecule has 4 rings (SSSR count). The van der Waals surface area contributed by atoms with Crippen LogP contribution in [0.1, 0.15) is 21.4 Å². The molecule has 2 aromatic carbocycles. The van der Waals surface area contributed by atoms with Crippen LogP contribution in [0.5, 0.6) is 0 Å². The molecule has 1 aliphatic heterocycles. The van der Waals surface area contributed by atoms with Crippen molar-refractivity contribution in [2.75, 3.05) is 4.90 Å². The zero-order valence-electron chi connectivity index (χ0n) is 15.1. The average molecular weight is 442 g/mol. The Bertz CT molecular complexity index is 1190. The predicted molar refractivity (Wildman–Crippen MR) is 111 cm³/mol. The standard InChI is InChI=1S/C20H12ClN3O5S/c21-11-5-7-12(8-6-11)23-16(13-3-1-2-4-14(13)24(28)29)15(18(26)20(23)27)17(25)19-22-9-10-30-19/h1-10,16,26H. The summed E-state index contributed by atoms with van der Waals surface area (Å²) < 4.78 is 0. The second kappa shape index (κ2) is 7.69. The molecular weight excluding hydrogens is 430 g/mol. The van der Waals surface area contributed by atoms with E-state index in [0.717, 1.165) is 16.2 Å². The maximum atomic E-state index is 13.1. The Morgan fingerprint density at radius 2 is 1.90 bits per heavy atom. The summed E-state index contributed by atoms with van der Waals surface area (Å²) in [5.74, 6) is -2.29. The number of aliphatic hydroxyl groups excluding tert-OH is 1. The summed E-state index contributed by atoms with van der Waals surface area (Å²) in [4.78, 5) is 42.3. The summed E-state index contributed by atoms with van der Waals surface area (Å²) in [7, 11) is 0. The van der Waals surface area contributed by atoms with E-state index in [0.29, 0.717) is 10.7 Å². The van der Waals surface area contributed by atoms with E-state index >= 15 is 0 Å². The number of Topliss-reactive ketones (excluding diaryl/α,β-unsaturated/α-hetero) is 1. The van der Waals surface area contributed by atoms with Crippen molar-refractivity contribution in [2.45, 2.75) is 6.04 Å². The molecule has 1 amide bonds. The SMILES string of the molecule is O=C(C1=C(O)C(=O)N(c2ccc(Cl)cc2)C1c1ccccc1[N+](=O)[O-])c1nccs1. The smallest absolute Gasteiger partial charge is 0.294 e. The maximum absolute atomic E-state index is 13.1. The highest BCUT2D eigenvalue weighted by molar-refractivity contribution is 7.11. The number of thiazole rings is 1. The monoisotopic (exact) mass is 441 g/mol. The zero-order chi connectivity index (χ0) is 21.4. The molecule has 1 unspecified atom stereocenters. The van der Waals surface area contributed by atoms with Crippen LogP contribution >= 0.6 is 22.9 Å². The van der Waals surface area contributed by atoms with Crippen molar-refractivity contribution in [3.05, 3.63) is 97.1 Å². The third-order valence-corrected chi connectivity index (χ3v) is 5.64. The fourth-order valence-electron chi connectivity index (χ4n) is 3.34. The summed E-state index contributed by atoms with van der Waals surface area (Å²) in [6.07, 6.45) is 1.42. The number of carbonyl (C=O) groups excluding carboxylic acids is 2. The first-order chi connectivity index (χ1) is 14.4. The molecule has 0 aliphatic carbocycles. The molecule has 0 bridgehead atoms. The molecule has 10 heteroatoms. The van der Waals surface area contributed by atoms with E-state index < -0.39 is 28.4 Å². The minimum Gasteiger partial charge on any atom is -0.503 e. The van der Waals surface area contributed by atoms with Crippen LogP contribution in [0.4, 0.5) is 11.4 Å². The van der Waals surface area contributed by atoms with Gasteiger partial charge in [0, 0.05) is 28.4 Å². The number of para-hydroxylation sites is 1. The normalized spacial score (nSPS) is 16.2. The molecule has 0 spiro atoms. The molecule has 0 saturated carbocycles. The number of nitro benzene ring substituents is 1. The molecule has 1 aromatic heterocycles. The number of carbonyl (C=O) groups is 2. The molecule has 0 fully saturated rings. The number of amides is 1. The molecule has 3 aromatic rings. The number of hydrogen-bond donors (Lipinski definition) is 1.